The first kappa shape index (κ1) is 17.5. The smallest absolute Gasteiger partial charge is 0.267 e. The molecule has 0 radical (unpaired) electrons. The normalized spacial score (nSPS) is 22.8. The lowest BCUT2D eigenvalue weighted by Crippen LogP contribution is -2.36. The van der Waals surface area contributed by atoms with E-state index >= 15 is 0 Å². The third-order valence-electron chi connectivity index (χ3n) is 5.50. The van der Waals surface area contributed by atoms with Gasteiger partial charge in [0.2, 0.25) is 5.91 Å². The van der Waals surface area contributed by atoms with Gasteiger partial charge in [0.05, 0.1) is 12.8 Å². The van der Waals surface area contributed by atoms with Crippen LogP contribution in [0.2, 0.25) is 0 Å². The molecule has 1 aromatic heterocycles. The van der Waals surface area contributed by atoms with Crippen LogP contribution in [0.3, 0.4) is 0 Å². The van der Waals surface area contributed by atoms with Crippen LogP contribution in [-0.4, -0.2) is 29.3 Å². The predicted octanol–water partition coefficient (Wildman–Crippen LogP) is 2.25. The molecule has 0 spiro atoms. The van der Waals surface area contributed by atoms with Crippen molar-refractivity contribution in [1.29, 1.82) is 0 Å². The number of hydrogen-bond donors (Lipinski definition) is 1. The Hall–Kier alpha value is -2.89. The van der Waals surface area contributed by atoms with Gasteiger partial charge in [-0.25, -0.2) is 4.68 Å². The number of allylic oxidation sites excluding steroid dienone is 2. The molecule has 2 aliphatic rings. The van der Waals surface area contributed by atoms with Gasteiger partial charge >= 0.3 is 0 Å². The van der Waals surface area contributed by atoms with Crippen molar-refractivity contribution < 1.29 is 9.53 Å². The van der Waals surface area contributed by atoms with Crippen molar-refractivity contribution in [3.63, 3.8) is 0 Å². The van der Waals surface area contributed by atoms with Crippen LogP contribution in [0, 0.1) is 17.8 Å². The molecule has 27 heavy (non-hydrogen) atoms. The van der Waals surface area contributed by atoms with E-state index in [0.29, 0.717) is 35.7 Å². The highest BCUT2D eigenvalue weighted by molar-refractivity contribution is 5.75. The van der Waals surface area contributed by atoms with Crippen LogP contribution < -0.4 is 15.6 Å². The number of nitrogens with one attached hydrogen (secondary N) is 1. The fraction of sp³-hybridized carbons (Fsp3) is 0.381. The van der Waals surface area contributed by atoms with Gasteiger partial charge in [0.15, 0.2) is 0 Å². The van der Waals surface area contributed by atoms with E-state index in [1.807, 2.05) is 24.3 Å². The van der Waals surface area contributed by atoms with E-state index < -0.39 is 0 Å². The van der Waals surface area contributed by atoms with Crippen LogP contribution in [0.15, 0.2) is 53.3 Å². The van der Waals surface area contributed by atoms with Crippen molar-refractivity contribution in [3.8, 4) is 17.0 Å². The Morgan fingerprint density at radius 1 is 1.26 bits per heavy atom. The minimum atomic E-state index is -0.292. The van der Waals surface area contributed by atoms with Crippen molar-refractivity contribution in [2.45, 2.75) is 19.4 Å². The lowest BCUT2D eigenvalue weighted by atomic mass is 9.94. The minimum Gasteiger partial charge on any atom is -0.497 e. The second kappa shape index (κ2) is 7.39. The van der Waals surface area contributed by atoms with Gasteiger partial charge in [-0.3, -0.25) is 9.59 Å². The zero-order chi connectivity index (χ0) is 18.8. The molecule has 1 amide bonds. The van der Waals surface area contributed by atoms with Crippen LogP contribution in [0.4, 0.5) is 0 Å². The van der Waals surface area contributed by atoms with Gasteiger partial charge in [-0.05, 0) is 48.8 Å². The summed E-state index contributed by atoms with van der Waals surface area (Å²) in [6.07, 6.45) is 6.92. The Bertz CT molecular complexity index is 934. The molecule has 140 valence electrons. The van der Waals surface area contributed by atoms with Crippen LogP contribution >= 0.6 is 0 Å². The second-order valence-corrected chi connectivity index (χ2v) is 7.29. The average molecular weight is 365 g/mol. The summed E-state index contributed by atoms with van der Waals surface area (Å²) < 4.78 is 6.44. The third-order valence-corrected chi connectivity index (χ3v) is 5.50. The molecule has 1 fully saturated rings. The van der Waals surface area contributed by atoms with Gasteiger partial charge in [-0.1, -0.05) is 24.3 Å². The topological polar surface area (TPSA) is 73.2 Å². The van der Waals surface area contributed by atoms with Crippen LogP contribution in [0.25, 0.3) is 11.3 Å². The van der Waals surface area contributed by atoms with E-state index in [2.05, 4.69) is 22.6 Å². The Morgan fingerprint density at radius 2 is 2.15 bits per heavy atom. The molecule has 2 aliphatic carbocycles. The molecular formula is C21H23N3O3. The van der Waals surface area contributed by atoms with E-state index in [1.54, 1.807) is 13.2 Å². The van der Waals surface area contributed by atoms with E-state index in [1.165, 1.54) is 17.2 Å². The van der Waals surface area contributed by atoms with E-state index in [-0.39, 0.29) is 18.0 Å². The highest BCUT2D eigenvalue weighted by Gasteiger charge is 2.35. The summed E-state index contributed by atoms with van der Waals surface area (Å²) in [7, 11) is 1.60. The lowest BCUT2D eigenvalue weighted by Gasteiger charge is -2.18. The summed E-state index contributed by atoms with van der Waals surface area (Å²) in [5.41, 5.74) is 1.16. The summed E-state index contributed by atoms with van der Waals surface area (Å²) in [5.74, 6) is 2.31. The maximum atomic E-state index is 12.3. The van der Waals surface area contributed by atoms with Crippen LogP contribution in [-0.2, 0) is 11.3 Å². The molecule has 2 aromatic rings. The number of fused-ring (bicyclic) bond motifs is 2. The molecule has 1 saturated carbocycles. The highest BCUT2D eigenvalue weighted by Crippen LogP contribution is 2.42. The average Bonchev–Trinajstić information content (AvgIpc) is 3.31. The summed E-state index contributed by atoms with van der Waals surface area (Å²) >= 11 is 0. The van der Waals surface area contributed by atoms with Gasteiger partial charge in [-0.15, -0.1) is 0 Å². The van der Waals surface area contributed by atoms with Crippen molar-refractivity contribution in [2.24, 2.45) is 17.8 Å². The van der Waals surface area contributed by atoms with Crippen LogP contribution in [0.5, 0.6) is 5.75 Å². The molecule has 1 aromatic carbocycles. The molecule has 0 aliphatic heterocycles. The zero-order valence-corrected chi connectivity index (χ0v) is 15.3. The fourth-order valence-electron chi connectivity index (χ4n) is 4.06. The first-order valence-corrected chi connectivity index (χ1v) is 9.30. The number of amides is 1. The molecule has 0 unspecified atom stereocenters. The number of nitrogens with zero attached hydrogens (tertiary/aromatic N) is 2. The molecule has 2 bridgehead atoms. The van der Waals surface area contributed by atoms with Gasteiger partial charge in [0.1, 0.15) is 12.3 Å². The lowest BCUT2D eigenvalue weighted by molar-refractivity contribution is -0.122. The summed E-state index contributed by atoms with van der Waals surface area (Å²) in [6, 6.07) is 10.5. The summed E-state index contributed by atoms with van der Waals surface area (Å²) in [4.78, 5) is 24.4. The first-order valence-electron chi connectivity index (χ1n) is 9.30. The van der Waals surface area contributed by atoms with Crippen LogP contribution in [0.1, 0.15) is 12.8 Å². The number of carbonyl (C=O) groups excluding carboxylic acids is 1. The Balaban J connectivity index is 1.42. The molecule has 6 nitrogen and oxygen atoms in total. The molecular weight excluding hydrogens is 342 g/mol. The zero-order valence-electron chi connectivity index (χ0n) is 15.3. The molecule has 0 saturated heterocycles. The minimum absolute atomic E-state index is 0.0761. The Kier molecular flexibility index (Phi) is 4.79. The van der Waals surface area contributed by atoms with E-state index in [4.69, 9.17) is 4.74 Å². The van der Waals surface area contributed by atoms with E-state index in [9.17, 15) is 9.59 Å². The maximum absolute atomic E-state index is 12.3. The number of hydrogen-bond acceptors (Lipinski definition) is 4. The van der Waals surface area contributed by atoms with Gasteiger partial charge in [-0.2, -0.15) is 5.10 Å². The van der Waals surface area contributed by atoms with E-state index in [0.717, 1.165) is 12.0 Å². The predicted molar refractivity (Wildman–Crippen MR) is 102 cm³/mol. The number of rotatable bonds is 6. The number of methoxy groups -OCH3 is 1. The SMILES string of the molecule is COc1cccc(-c2ccc(=O)n(CC(=O)NC[C@@H]3C[C@@H]4C=C[C@H]3C4)n2)c1. The van der Waals surface area contributed by atoms with Gasteiger partial charge in [0, 0.05) is 18.2 Å². The van der Waals surface area contributed by atoms with Crippen molar-refractivity contribution in [2.75, 3.05) is 13.7 Å². The Labute approximate surface area is 157 Å². The second-order valence-electron chi connectivity index (χ2n) is 7.29. The van der Waals surface area contributed by atoms with Crippen molar-refractivity contribution in [3.05, 3.63) is 58.9 Å². The number of benzene rings is 1. The van der Waals surface area contributed by atoms with Crippen molar-refractivity contribution >= 4 is 5.91 Å². The largest absolute Gasteiger partial charge is 0.497 e. The molecule has 1 N–H and O–H groups in total. The van der Waals surface area contributed by atoms with Gasteiger partial charge < -0.3 is 10.1 Å². The van der Waals surface area contributed by atoms with Crippen molar-refractivity contribution in [1.82, 2.24) is 15.1 Å². The highest BCUT2D eigenvalue weighted by atomic mass is 16.5. The summed E-state index contributed by atoms with van der Waals surface area (Å²) in [6.45, 7) is 0.585. The number of carbonyl (C=O) groups is 1. The monoisotopic (exact) mass is 365 g/mol. The molecule has 6 heteroatoms. The standard InChI is InChI=1S/C21H23N3O3/c1-27-18-4-2-3-16(11-18)19-7-8-21(26)24(23-19)13-20(25)22-12-17-10-14-5-6-15(17)9-14/h2-8,11,14-15,17H,9-10,12-13H2,1H3,(H,22,25)/t14-,15+,17+/m1/s1. The maximum Gasteiger partial charge on any atom is 0.267 e. The number of ether oxygens (including phenoxy) is 1. The molecule has 1 heterocycles. The molecule has 3 atom stereocenters. The fourth-order valence-corrected chi connectivity index (χ4v) is 4.06. The molecule has 4 rings (SSSR count). The Morgan fingerprint density at radius 3 is 2.89 bits per heavy atom. The quantitative estimate of drug-likeness (QED) is 0.797. The first-order chi connectivity index (χ1) is 13.1. The number of aromatic nitrogens is 2. The third kappa shape index (κ3) is 3.79. The summed E-state index contributed by atoms with van der Waals surface area (Å²) in [5, 5.41) is 7.32. The van der Waals surface area contributed by atoms with Gasteiger partial charge in [0.25, 0.3) is 5.56 Å².